The van der Waals surface area contributed by atoms with Crippen LogP contribution in [0.1, 0.15) is 25.8 Å². The molecule has 0 N–H and O–H groups in total. The van der Waals surface area contributed by atoms with Gasteiger partial charge < -0.3 is 9.64 Å². The predicted molar refractivity (Wildman–Crippen MR) is 70.3 cm³/mol. The molecule has 0 amide bonds. The monoisotopic (exact) mass is 235 g/mol. The molecule has 0 spiro atoms. The van der Waals surface area contributed by atoms with Crippen molar-refractivity contribution in [3.05, 3.63) is 29.8 Å². The number of ether oxygens (including phenoxy) is 1. The summed E-state index contributed by atoms with van der Waals surface area (Å²) in [6, 6.07) is 7.98. The van der Waals surface area contributed by atoms with Crippen LogP contribution in [-0.2, 0) is 16.0 Å². The summed E-state index contributed by atoms with van der Waals surface area (Å²) in [5.74, 6) is -0.162. The first-order chi connectivity index (χ1) is 8.19. The van der Waals surface area contributed by atoms with Gasteiger partial charge in [-0.2, -0.15) is 0 Å². The molecule has 0 fully saturated rings. The van der Waals surface area contributed by atoms with Gasteiger partial charge in [0.05, 0.1) is 13.0 Å². The molecule has 1 rings (SSSR count). The maximum atomic E-state index is 11.5. The maximum Gasteiger partial charge on any atom is 0.310 e. The van der Waals surface area contributed by atoms with E-state index in [0.717, 1.165) is 24.2 Å². The molecule has 0 aromatic heterocycles. The zero-order valence-electron chi connectivity index (χ0n) is 10.9. The highest BCUT2D eigenvalue weighted by molar-refractivity contribution is 5.75. The number of hydrogen-bond acceptors (Lipinski definition) is 3. The molecule has 0 aliphatic heterocycles. The van der Waals surface area contributed by atoms with Gasteiger partial charge in [0, 0.05) is 19.3 Å². The molecule has 94 valence electrons. The minimum absolute atomic E-state index is 0.162. The van der Waals surface area contributed by atoms with Gasteiger partial charge in [-0.05, 0) is 25.0 Å². The van der Waals surface area contributed by atoms with Crippen molar-refractivity contribution >= 4 is 11.7 Å². The van der Waals surface area contributed by atoms with E-state index in [1.165, 1.54) is 0 Å². The van der Waals surface area contributed by atoms with Crippen LogP contribution < -0.4 is 4.90 Å². The number of anilines is 1. The third-order valence-electron chi connectivity index (χ3n) is 2.60. The van der Waals surface area contributed by atoms with Crippen molar-refractivity contribution in [2.75, 3.05) is 25.1 Å². The van der Waals surface area contributed by atoms with E-state index in [9.17, 15) is 4.79 Å². The summed E-state index contributed by atoms with van der Waals surface area (Å²) in [5, 5.41) is 0. The Balaban J connectivity index is 2.80. The quantitative estimate of drug-likeness (QED) is 0.710. The molecular weight excluding hydrogens is 214 g/mol. The summed E-state index contributed by atoms with van der Waals surface area (Å²) in [4.78, 5) is 13.7. The Kier molecular flexibility index (Phi) is 5.53. The fourth-order valence-electron chi connectivity index (χ4n) is 1.86. The molecule has 0 radical (unpaired) electrons. The lowest BCUT2D eigenvalue weighted by Crippen LogP contribution is -2.20. The summed E-state index contributed by atoms with van der Waals surface area (Å²) in [5.41, 5.74) is 2.14. The molecule has 0 saturated heterocycles. The lowest BCUT2D eigenvalue weighted by molar-refractivity contribution is -0.142. The van der Waals surface area contributed by atoms with E-state index in [2.05, 4.69) is 11.8 Å². The van der Waals surface area contributed by atoms with Gasteiger partial charge >= 0.3 is 5.97 Å². The Morgan fingerprint density at radius 2 is 2.00 bits per heavy atom. The molecule has 1 aromatic carbocycles. The summed E-state index contributed by atoms with van der Waals surface area (Å²) in [7, 11) is 2.05. The van der Waals surface area contributed by atoms with E-state index in [1.807, 2.05) is 38.2 Å². The second-order valence-electron chi connectivity index (χ2n) is 4.03. The lowest BCUT2D eigenvalue weighted by atomic mass is 10.1. The van der Waals surface area contributed by atoms with Gasteiger partial charge in [0.1, 0.15) is 0 Å². The molecule has 0 saturated carbocycles. The Bertz CT molecular complexity index is 363. The van der Waals surface area contributed by atoms with Crippen LogP contribution in [-0.4, -0.2) is 26.2 Å². The van der Waals surface area contributed by atoms with Gasteiger partial charge in [-0.25, -0.2) is 0 Å². The average Bonchev–Trinajstić information content (AvgIpc) is 2.30. The number of benzene rings is 1. The zero-order chi connectivity index (χ0) is 12.7. The van der Waals surface area contributed by atoms with Crippen molar-refractivity contribution in [3.8, 4) is 0 Å². The number of carbonyl (C=O) groups excluding carboxylic acids is 1. The highest BCUT2D eigenvalue weighted by atomic mass is 16.5. The van der Waals surface area contributed by atoms with Crippen molar-refractivity contribution in [2.45, 2.75) is 26.7 Å². The van der Waals surface area contributed by atoms with Gasteiger partial charge in [-0.1, -0.05) is 25.1 Å². The number of rotatable bonds is 6. The fourth-order valence-corrected chi connectivity index (χ4v) is 1.86. The molecule has 0 atom stereocenters. The van der Waals surface area contributed by atoms with E-state index in [0.29, 0.717) is 13.0 Å². The van der Waals surface area contributed by atoms with Gasteiger partial charge in [-0.15, -0.1) is 0 Å². The third-order valence-corrected chi connectivity index (χ3v) is 2.60. The van der Waals surface area contributed by atoms with E-state index in [4.69, 9.17) is 4.74 Å². The molecule has 3 nitrogen and oxygen atoms in total. The Morgan fingerprint density at radius 1 is 1.29 bits per heavy atom. The molecule has 0 bridgehead atoms. The van der Waals surface area contributed by atoms with Crippen molar-refractivity contribution in [1.29, 1.82) is 0 Å². The van der Waals surface area contributed by atoms with Crippen LogP contribution in [0.2, 0.25) is 0 Å². The highest BCUT2D eigenvalue weighted by Crippen LogP contribution is 2.20. The highest BCUT2D eigenvalue weighted by Gasteiger charge is 2.10. The predicted octanol–water partition coefficient (Wildman–Crippen LogP) is 2.64. The van der Waals surface area contributed by atoms with E-state index in [-0.39, 0.29) is 5.97 Å². The standard InChI is InChI=1S/C14H21NO2/c1-4-10-15(3)13-9-7-6-8-12(13)11-14(16)17-5-2/h6-9H,4-5,10-11H2,1-3H3. The van der Waals surface area contributed by atoms with Gasteiger partial charge in [0.15, 0.2) is 0 Å². The summed E-state index contributed by atoms with van der Waals surface area (Å²) < 4.78 is 4.98. The van der Waals surface area contributed by atoms with Gasteiger partial charge in [0.25, 0.3) is 0 Å². The average molecular weight is 235 g/mol. The topological polar surface area (TPSA) is 29.5 Å². The number of nitrogens with zero attached hydrogens (tertiary/aromatic N) is 1. The van der Waals surface area contributed by atoms with Crippen LogP contribution in [0.5, 0.6) is 0 Å². The zero-order valence-corrected chi connectivity index (χ0v) is 10.9. The molecule has 0 unspecified atom stereocenters. The second kappa shape index (κ2) is 6.94. The van der Waals surface area contributed by atoms with Crippen molar-refractivity contribution in [2.24, 2.45) is 0 Å². The molecule has 17 heavy (non-hydrogen) atoms. The molecule has 0 aliphatic carbocycles. The van der Waals surface area contributed by atoms with Crippen LogP contribution >= 0.6 is 0 Å². The van der Waals surface area contributed by atoms with E-state index < -0.39 is 0 Å². The minimum Gasteiger partial charge on any atom is -0.466 e. The normalized spacial score (nSPS) is 10.1. The van der Waals surface area contributed by atoms with Crippen LogP contribution in [0.25, 0.3) is 0 Å². The molecular formula is C14H21NO2. The second-order valence-corrected chi connectivity index (χ2v) is 4.03. The fraction of sp³-hybridized carbons (Fsp3) is 0.500. The van der Waals surface area contributed by atoms with Crippen molar-refractivity contribution < 1.29 is 9.53 Å². The third kappa shape index (κ3) is 4.10. The lowest BCUT2D eigenvalue weighted by Gasteiger charge is -2.21. The van der Waals surface area contributed by atoms with E-state index in [1.54, 1.807) is 0 Å². The first-order valence-corrected chi connectivity index (χ1v) is 6.13. The van der Waals surface area contributed by atoms with Crippen LogP contribution in [0, 0.1) is 0 Å². The van der Waals surface area contributed by atoms with Crippen LogP contribution in [0.15, 0.2) is 24.3 Å². The maximum absolute atomic E-state index is 11.5. The summed E-state index contributed by atoms with van der Waals surface area (Å²) >= 11 is 0. The summed E-state index contributed by atoms with van der Waals surface area (Å²) in [6.45, 7) is 5.39. The summed E-state index contributed by atoms with van der Waals surface area (Å²) in [6.07, 6.45) is 1.43. The first-order valence-electron chi connectivity index (χ1n) is 6.13. The Labute approximate surface area is 103 Å². The van der Waals surface area contributed by atoms with Gasteiger partial charge in [-0.3, -0.25) is 4.79 Å². The molecule has 0 aliphatic rings. The SMILES string of the molecule is CCCN(C)c1ccccc1CC(=O)OCC. The number of hydrogen-bond donors (Lipinski definition) is 0. The van der Waals surface area contributed by atoms with E-state index >= 15 is 0 Å². The molecule has 1 aromatic rings. The first kappa shape index (κ1) is 13.6. The minimum atomic E-state index is -0.162. The Hall–Kier alpha value is -1.51. The largest absolute Gasteiger partial charge is 0.466 e. The molecule has 0 heterocycles. The van der Waals surface area contributed by atoms with Crippen molar-refractivity contribution in [1.82, 2.24) is 0 Å². The number of esters is 1. The van der Waals surface area contributed by atoms with Crippen LogP contribution in [0.3, 0.4) is 0 Å². The Morgan fingerprint density at radius 3 is 2.65 bits per heavy atom. The van der Waals surface area contributed by atoms with Gasteiger partial charge in [0.2, 0.25) is 0 Å². The number of para-hydroxylation sites is 1. The van der Waals surface area contributed by atoms with Crippen molar-refractivity contribution in [3.63, 3.8) is 0 Å². The molecule has 3 heteroatoms. The smallest absolute Gasteiger partial charge is 0.310 e. The number of carbonyl (C=O) groups is 1. The van der Waals surface area contributed by atoms with Crippen LogP contribution in [0.4, 0.5) is 5.69 Å².